The average molecular weight is 485 g/mol. The molecule has 1 saturated carbocycles. The third-order valence-corrected chi connectivity index (χ3v) is 6.40. The smallest absolute Gasteiger partial charge is 0.256 e. The van der Waals surface area contributed by atoms with Crippen molar-refractivity contribution < 1.29 is 19.4 Å². The number of halogens is 1. The Morgan fingerprint density at radius 1 is 1.15 bits per heavy atom. The number of benzene rings is 1. The molecule has 3 heterocycles. The van der Waals surface area contributed by atoms with Crippen molar-refractivity contribution in [3.8, 4) is 11.5 Å². The van der Waals surface area contributed by atoms with Gasteiger partial charge in [-0.15, -0.1) is 12.4 Å². The van der Waals surface area contributed by atoms with Gasteiger partial charge in [-0.25, -0.2) is 0 Å². The van der Waals surface area contributed by atoms with Gasteiger partial charge in [0.15, 0.2) is 11.5 Å². The Morgan fingerprint density at radius 3 is 2.71 bits per heavy atom. The van der Waals surface area contributed by atoms with Crippen LogP contribution in [0.1, 0.15) is 37.1 Å². The Hall–Kier alpha value is -2.94. The summed E-state index contributed by atoms with van der Waals surface area (Å²) in [5, 5.41) is 18.4. The number of carbonyl (C=O) groups excluding carboxylic acids is 1. The molecular formula is C25H29ClN4O4. The number of aromatic nitrogens is 2. The van der Waals surface area contributed by atoms with Gasteiger partial charge in [0.05, 0.1) is 23.1 Å². The molecule has 5 rings (SSSR count). The highest BCUT2D eigenvalue weighted by Gasteiger charge is 2.40. The van der Waals surface area contributed by atoms with Crippen LogP contribution in [0.5, 0.6) is 11.5 Å². The molecule has 2 aromatic heterocycles. The molecule has 0 spiro atoms. The number of ether oxygens (including phenoxy) is 2. The Kier molecular flexibility index (Phi) is 7.21. The van der Waals surface area contributed by atoms with Crippen molar-refractivity contribution in [2.24, 2.45) is 0 Å². The summed E-state index contributed by atoms with van der Waals surface area (Å²) in [6, 6.07) is 11.7. The third kappa shape index (κ3) is 5.09. The van der Waals surface area contributed by atoms with Crippen molar-refractivity contribution in [2.45, 2.75) is 50.8 Å². The lowest BCUT2D eigenvalue weighted by Crippen LogP contribution is -2.48. The van der Waals surface area contributed by atoms with Gasteiger partial charge in [0.2, 0.25) is 0 Å². The van der Waals surface area contributed by atoms with Gasteiger partial charge in [0.1, 0.15) is 18.8 Å². The number of nitrogens with one attached hydrogen (secondary N) is 2. The molecule has 8 nitrogen and oxygen atoms in total. The Balaban J connectivity index is 0.00000274. The molecule has 2 aliphatic rings. The zero-order chi connectivity index (χ0) is 22.8. The maximum Gasteiger partial charge on any atom is 0.256 e. The molecule has 3 aromatic rings. The van der Waals surface area contributed by atoms with Crippen molar-refractivity contribution in [1.82, 2.24) is 15.3 Å². The molecule has 1 fully saturated rings. The standard InChI is InChI=1S/C25H28N4O4.ClH/c1-16-5-6-17-3-2-4-20(23(17)28-16)29-24(30)25(31)9-7-18(8-10-25)26-14-19-13-21-22(15-27-19)33-12-11-32-21;/h2-6,13,15,18,26,31H,7-12,14H2,1H3,(H,29,30);1H. The predicted molar refractivity (Wildman–Crippen MR) is 132 cm³/mol. The quantitative estimate of drug-likeness (QED) is 0.508. The summed E-state index contributed by atoms with van der Waals surface area (Å²) in [5.41, 5.74) is 1.72. The van der Waals surface area contributed by atoms with E-state index in [1.54, 1.807) is 6.20 Å². The number of hydrogen-bond donors (Lipinski definition) is 3. The lowest BCUT2D eigenvalue weighted by atomic mass is 9.81. The topological polar surface area (TPSA) is 106 Å². The minimum atomic E-state index is -1.39. The molecule has 0 unspecified atom stereocenters. The minimum absolute atomic E-state index is 0. The molecule has 0 saturated heterocycles. The van der Waals surface area contributed by atoms with Gasteiger partial charge in [-0.2, -0.15) is 0 Å². The summed E-state index contributed by atoms with van der Waals surface area (Å²) in [5.74, 6) is 1.03. The van der Waals surface area contributed by atoms with Gasteiger partial charge in [-0.3, -0.25) is 14.8 Å². The molecule has 34 heavy (non-hydrogen) atoms. The lowest BCUT2D eigenvalue weighted by Gasteiger charge is -2.35. The van der Waals surface area contributed by atoms with Gasteiger partial charge in [0.25, 0.3) is 5.91 Å². The highest BCUT2D eigenvalue weighted by molar-refractivity contribution is 6.03. The molecule has 180 valence electrons. The van der Waals surface area contributed by atoms with Crippen molar-refractivity contribution in [3.63, 3.8) is 0 Å². The maximum absolute atomic E-state index is 13.0. The highest BCUT2D eigenvalue weighted by Crippen LogP contribution is 2.32. The van der Waals surface area contributed by atoms with E-state index in [1.165, 1.54) is 0 Å². The molecule has 1 amide bonds. The SMILES string of the molecule is Cc1ccc2cccc(NC(=O)C3(O)CCC(NCc4cc5c(cn4)OCCO5)CC3)c2n1.Cl. The molecular weight excluding hydrogens is 456 g/mol. The van der Waals surface area contributed by atoms with E-state index in [9.17, 15) is 9.90 Å². The number of rotatable bonds is 5. The van der Waals surface area contributed by atoms with Crippen LogP contribution in [0.15, 0.2) is 42.6 Å². The molecule has 1 aromatic carbocycles. The predicted octanol–water partition coefficient (Wildman–Crippen LogP) is 3.53. The summed E-state index contributed by atoms with van der Waals surface area (Å²) >= 11 is 0. The van der Waals surface area contributed by atoms with Crippen LogP contribution in [0.3, 0.4) is 0 Å². The molecule has 0 bridgehead atoms. The second-order valence-corrected chi connectivity index (χ2v) is 8.79. The maximum atomic E-state index is 13.0. The summed E-state index contributed by atoms with van der Waals surface area (Å²) in [7, 11) is 0. The van der Waals surface area contributed by atoms with E-state index in [2.05, 4.69) is 20.6 Å². The second-order valence-electron chi connectivity index (χ2n) is 8.79. The zero-order valence-electron chi connectivity index (χ0n) is 19.0. The first-order valence-corrected chi connectivity index (χ1v) is 11.4. The van der Waals surface area contributed by atoms with E-state index in [0.29, 0.717) is 56.9 Å². The number of fused-ring (bicyclic) bond motifs is 2. The fourth-order valence-electron chi connectivity index (χ4n) is 4.45. The van der Waals surface area contributed by atoms with Crippen molar-refractivity contribution in [2.75, 3.05) is 18.5 Å². The normalized spacial score (nSPS) is 21.5. The van der Waals surface area contributed by atoms with Gasteiger partial charge >= 0.3 is 0 Å². The Bertz CT molecular complexity index is 1180. The van der Waals surface area contributed by atoms with Crippen LogP contribution in [-0.2, 0) is 11.3 Å². The number of nitrogens with zero attached hydrogens (tertiary/aromatic N) is 2. The van der Waals surface area contributed by atoms with Crippen LogP contribution in [0.4, 0.5) is 5.69 Å². The number of aryl methyl sites for hydroxylation is 1. The fourth-order valence-corrected chi connectivity index (χ4v) is 4.45. The molecule has 0 atom stereocenters. The summed E-state index contributed by atoms with van der Waals surface area (Å²) in [6.07, 6.45) is 3.87. The van der Waals surface area contributed by atoms with Crippen LogP contribution < -0.4 is 20.1 Å². The minimum Gasteiger partial charge on any atom is -0.486 e. The molecule has 3 N–H and O–H groups in total. The number of aliphatic hydroxyl groups is 1. The Morgan fingerprint density at radius 2 is 1.91 bits per heavy atom. The molecule has 0 radical (unpaired) electrons. The van der Waals surface area contributed by atoms with Crippen LogP contribution in [0, 0.1) is 6.92 Å². The number of pyridine rings is 2. The third-order valence-electron chi connectivity index (χ3n) is 6.40. The number of anilines is 1. The summed E-state index contributed by atoms with van der Waals surface area (Å²) < 4.78 is 11.1. The van der Waals surface area contributed by atoms with E-state index in [-0.39, 0.29) is 24.4 Å². The molecule has 1 aliphatic carbocycles. The van der Waals surface area contributed by atoms with Crippen molar-refractivity contribution in [3.05, 3.63) is 54.0 Å². The number of hydrogen-bond acceptors (Lipinski definition) is 7. The summed E-state index contributed by atoms with van der Waals surface area (Å²) in [4.78, 5) is 22.0. The van der Waals surface area contributed by atoms with Crippen LogP contribution in [0.2, 0.25) is 0 Å². The van der Waals surface area contributed by atoms with E-state index in [4.69, 9.17) is 9.47 Å². The Labute approximate surface area is 204 Å². The number of para-hydroxylation sites is 1. The zero-order valence-corrected chi connectivity index (χ0v) is 19.9. The van der Waals surface area contributed by atoms with Gasteiger partial charge in [-0.05, 0) is 44.7 Å². The highest BCUT2D eigenvalue weighted by atomic mass is 35.5. The number of amides is 1. The first-order valence-electron chi connectivity index (χ1n) is 11.4. The first-order chi connectivity index (χ1) is 16.0. The van der Waals surface area contributed by atoms with Gasteiger partial charge < -0.3 is 25.2 Å². The van der Waals surface area contributed by atoms with E-state index < -0.39 is 5.60 Å². The van der Waals surface area contributed by atoms with E-state index in [0.717, 1.165) is 28.0 Å². The van der Waals surface area contributed by atoms with Gasteiger partial charge in [-0.1, -0.05) is 18.2 Å². The van der Waals surface area contributed by atoms with E-state index >= 15 is 0 Å². The largest absolute Gasteiger partial charge is 0.486 e. The lowest BCUT2D eigenvalue weighted by molar-refractivity contribution is -0.137. The van der Waals surface area contributed by atoms with E-state index in [1.807, 2.05) is 43.3 Å². The molecule has 9 heteroatoms. The van der Waals surface area contributed by atoms with Crippen LogP contribution >= 0.6 is 12.4 Å². The number of carbonyl (C=O) groups is 1. The van der Waals surface area contributed by atoms with Crippen LogP contribution in [0.25, 0.3) is 10.9 Å². The van der Waals surface area contributed by atoms with Crippen LogP contribution in [-0.4, -0.2) is 45.8 Å². The summed E-state index contributed by atoms with van der Waals surface area (Å²) in [6.45, 7) is 3.59. The van der Waals surface area contributed by atoms with Gasteiger partial charge in [0, 0.05) is 29.7 Å². The molecule has 1 aliphatic heterocycles. The van der Waals surface area contributed by atoms with Crippen molar-refractivity contribution >= 4 is 34.9 Å². The monoisotopic (exact) mass is 484 g/mol. The van der Waals surface area contributed by atoms with Crippen molar-refractivity contribution in [1.29, 1.82) is 0 Å². The first kappa shape index (κ1) is 24.2. The fraction of sp³-hybridized carbons (Fsp3) is 0.400. The second kappa shape index (κ2) is 10.1. The average Bonchev–Trinajstić information content (AvgIpc) is 2.84.